The van der Waals surface area contributed by atoms with E-state index in [2.05, 4.69) is 19.1 Å². The van der Waals surface area contributed by atoms with Crippen LogP contribution in [-0.2, 0) is 6.54 Å². The molecule has 1 aliphatic rings. The van der Waals surface area contributed by atoms with E-state index in [-0.39, 0.29) is 4.65 Å². The second-order valence-electron chi connectivity index (χ2n) is 4.35. The number of benzene rings is 1. The van der Waals surface area contributed by atoms with Gasteiger partial charge in [0.25, 0.3) is 0 Å². The predicted octanol–water partition coefficient (Wildman–Crippen LogP) is 2.57. The second-order valence-corrected chi connectivity index (χ2v) is 4.35. The Morgan fingerprint density at radius 3 is 2.64 bits per heavy atom. The minimum absolute atomic E-state index is 0.226. The summed E-state index contributed by atoms with van der Waals surface area (Å²) in [7, 11) is 0. The first-order chi connectivity index (χ1) is 6.71. The normalized spacial score (nSPS) is 32.0. The summed E-state index contributed by atoms with van der Waals surface area (Å²) in [6.45, 7) is 3.79. The Labute approximate surface area is 85.3 Å². The van der Waals surface area contributed by atoms with E-state index < -0.39 is 0 Å². The summed E-state index contributed by atoms with van der Waals surface area (Å²) in [4.78, 5) is 0. The van der Waals surface area contributed by atoms with Gasteiger partial charge in [-0.3, -0.25) is 0 Å². The van der Waals surface area contributed by atoms with Crippen LogP contribution in [-0.4, -0.2) is 22.4 Å². The number of nitrogens with zero attached hydrogens (tertiary/aromatic N) is 1. The van der Waals surface area contributed by atoms with Crippen molar-refractivity contribution in [1.82, 2.24) is 0 Å². The van der Waals surface area contributed by atoms with Crippen molar-refractivity contribution in [3.8, 4) is 0 Å². The molecule has 0 amide bonds. The van der Waals surface area contributed by atoms with Gasteiger partial charge in [0.2, 0.25) is 0 Å². The molecule has 0 bridgehead atoms. The predicted molar refractivity (Wildman–Crippen MR) is 55.8 cm³/mol. The van der Waals surface area contributed by atoms with Crippen LogP contribution in [0.4, 0.5) is 0 Å². The third-order valence-electron chi connectivity index (χ3n) is 3.29. The summed E-state index contributed by atoms with van der Waals surface area (Å²) in [6.07, 6.45) is 2.29. The Balaban J connectivity index is 2.10. The van der Waals surface area contributed by atoms with E-state index in [0.717, 1.165) is 25.9 Å². The number of quaternary nitrogens is 1. The zero-order valence-electron chi connectivity index (χ0n) is 8.69. The van der Waals surface area contributed by atoms with Crippen LogP contribution >= 0.6 is 0 Å². The fourth-order valence-corrected chi connectivity index (χ4v) is 2.26. The minimum atomic E-state index is 0.226. The average molecular weight is 192 g/mol. The number of hydrogen-bond donors (Lipinski definition) is 1. The smallest absolute Gasteiger partial charge is 0.134 e. The van der Waals surface area contributed by atoms with Gasteiger partial charge in [-0.1, -0.05) is 30.3 Å². The van der Waals surface area contributed by atoms with Crippen LogP contribution in [0.25, 0.3) is 0 Å². The fourth-order valence-electron chi connectivity index (χ4n) is 2.26. The van der Waals surface area contributed by atoms with Gasteiger partial charge >= 0.3 is 0 Å². The van der Waals surface area contributed by atoms with Gasteiger partial charge in [0.1, 0.15) is 19.1 Å². The monoisotopic (exact) mass is 192 g/mol. The zero-order chi connectivity index (χ0) is 10.0. The Bertz CT molecular complexity index is 298. The summed E-state index contributed by atoms with van der Waals surface area (Å²) in [5.41, 5.74) is 1.23. The first-order valence-electron chi connectivity index (χ1n) is 5.34. The van der Waals surface area contributed by atoms with E-state index in [1.807, 2.05) is 18.2 Å². The van der Waals surface area contributed by atoms with Crippen molar-refractivity contribution in [3.05, 3.63) is 35.9 Å². The molecule has 0 radical (unpaired) electrons. The Morgan fingerprint density at radius 1 is 1.36 bits per heavy atom. The van der Waals surface area contributed by atoms with E-state index in [9.17, 15) is 5.21 Å². The second kappa shape index (κ2) is 3.71. The Hall–Kier alpha value is -0.860. The largest absolute Gasteiger partial charge is 0.217 e. The van der Waals surface area contributed by atoms with Crippen molar-refractivity contribution in [1.29, 1.82) is 0 Å². The maximum Gasteiger partial charge on any atom is 0.134 e. The number of hydroxylamine groups is 3. The van der Waals surface area contributed by atoms with Gasteiger partial charge in [-0.15, -0.1) is 0 Å². The van der Waals surface area contributed by atoms with Crippen molar-refractivity contribution >= 4 is 0 Å². The third kappa shape index (κ3) is 1.81. The molecule has 1 unspecified atom stereocenters. The van der Waals surface area contributed by atoms with Crippen molar-refractivity contribution in [2.45, 2.75) is 32.4 Å². The molecule has 0 spiro atoms. The molecule has 1 aliphatic heterocycles. The molecule has 1 heterocycles. The van der Waals surface area contributed by atoms with Crippen LogP contribution in [0.5, 0.6) is 0 Å². The van der Waals surface area contributed by atoms with Crippen LogP contribution in [0.1, 0.15) is 25.3 Å². The highest BCUT2D eigenvalue weighted by Crippen LogP contribution is 2.26. The maximum atomic E-state index is 10.4. The number of hydrogen-bond acceptors (Lipinski definition) is 1. The van der Waals surface area contributed by atoms with Crippen molar-refractivity contribution in [2.75, 3.05) is 6.54 Å². The summed E-state index contributed by atoms with van der Waals surface area (Å²) in [6, 6.07) is 10.6. The molecule has 2 nitrogen and oxygen atoms in total. The SMILES string of the molecule is C[C@@H]1CCC[N+]1(O)Cc1ccccc1. The van der Waals surface area contributed by atoms with Gasteiger partial charge in [-0.05, 0) is 6.92 Å². The van der Waals surface area contributed by atoms with Crippen LogP contribution in [0.2, 0.25) is 0 Å². The van der Waals surface area contributed by atoms with E-state index in [0.29, 0.717) is 6.04 Å². The van der Waals surface area contributed by atoms with Crippen LogP contribution in [0, 0.1) is 0 Å². The van der Waals surface area contributed by atoms with E-state index in [1.165, 1.54) is 5.56 Å². The van der Waals surface area contributed by atoms with E-state index in [1.54, 1.807) is 0 Å². The lowest BCUT2D eigenvalue weighted by atomic mass is 10.2. The lowest BCUT2D eigenvalue weighted by Gasteiger charge is -2.29. The van der Waals surface area contributed by atoms with Gasteiger partial charge in [0.05, 0.1) is 0 Å². The maximum absolute atomic E-state index is 10.4. The molecular formula is C12H18NO+. The fraction of sp³-hybridized carbons (Fsp3) is 0.500. The molecule has 1 N–H and O–H groups in total. The van der Waals surface area contributed by atoms with Crippen LogP contribution < -0.4 is 0 Å². The van der Waals surface area contributed by atoms with E-state index >= 15 is 0 Å². The molecule has 0 saturated carbocycles. The topological polar surface area (TPSA) is 20.2 Å². The van der Waals surface area contributed by atoms with Crippen molar-refractivity contribution < 1.29 is 9.85 Å². The summed E-state index contributed by atoms with van der Waals surface area (Å²) in [5, 5.41) is 10.4. The van der Waals surface area contributed by atoms with Gasteiger partial charge < -0.3 is 0 Å². The molecule has 1 saturated heterocycles. The summed E-state index contributed by atoms with van der Waals surface area (Å²) in [5.74, 6) is 0. The first-order valence-corrected chi connectivity index (χ1v) is 5.34. The molecule has 76 valence electrons. The molecular weight excluding hydrogens is 174 g/mol. The summed E-state index contributed by atoms with van der Waals surface area (Å²) >= 11 is 0. The van der Waals surface area contributed by atoms with Crippen LogP contribution in [0.3, 0.4) is 0 Å². The molecule has 1 fully saturated rings. The Kier molecular flexibility index (Phi) is 2.57. The lowest BCUT2D eigenvalue weighted by Crippen LogP contribution is -2.46. The molecule has 1 aromatic rings. The highest BCUT2D eigenvalue weighted by molar-refractivity contribution is 5.13. The molecule has 1 aromatic carbocycles. The highest BCUT2D eigenvalue weighted by atomic mass is 16.5. The lowest BCUT2D eigenvalue weighted by molar-refractivity contribution is -1.12. The highest BCUT2D eigenvalue weighted by Gasteiger charge is 2.38. The molecule has 2 rings (SSSR count). The van der Waals surface area contributed by atoms with Gasteiger partial charge in [-0.25, -0.2) is 5.21 Å². The van der Waals surface area contributed by atoms with Crippen molar-refractivity contribution in [2.24, 2.45) is 0 Å². The van der Waals surface area contributed by atoms with E-state index in [4.69, 9.17) is 0 Å². The van der Waals surface area contributed by atoms with Gasteiger partial charge in [0, 0.05) is 18.4 Å². The molecule has 2 atom stereocenters. The van der Waals surface area contributed by atoms with Gasteiger partial charge in [0.15, 0.2) is 0 Å². The van der Waals surface area contributed by atoms with Crippen molar-refractivity contribution in [3.63, 3.8) is 0 Å². The Morgan fingerprint density at radius 2 is 2.07 bits per heavy atom. The first kappa shape index (κ1) is 9.69. The number of likely N-dealkylation sites (tertiary alicyclic amines) is 1. The summed E-state index contributed by atoms with van der Waals surface area (Å²) < 4.78 is 0.226. The average Bonchev–Trinajstić information content (AvgIpc) is 2.48. The molecule has 14 heavy (non-hydrogen) atoms. The third-order valence-corrected chi connectivity index (χ3v) is 3.29. The quantitative estimate of drug-likeness (QED) is 0.714. The minimum Gasteiger partial charge on any atom is -0.217 e. The molecule has 0 aromatic heterocycles. The van der Waals surface area contributed by atoms with Crippen LogP contribution in [0.15, 0.2) is 30.3 Å². The molecule has 0 aliphatic carbocycles. The zero-order valence-corrected chi connectivity index (χ0v) is 8.69. The molecule has 2 heteroatoms. The standard InChI is InChI=1S/C12H18NO/c1-11-6-5-9-13(11,14)10-12-7-3-2-4-8-12/h2-4,7-8,11,14H,5-6,9-10H2,1H3/q+1/t11-,13?/m1/s1. The van der Waals surface area contributed by atoms with Gasteiger partial charge in [-0.2, -0.15) is 4.65 Å². The number of rotatable bonds is 2.